The number of rotatable bonds is 11. The Morgan fingerprint density at radius 2 is 1.93 bits per heavy atom. The number of carbonyl (C=O) groups is 1. The summed E-state index contributed by atoms with van der Waals surface area (Å²) < 4.78 is 11.2. The number of anilines is 2. The number of ketones is 1. The lowest BCUT2D eigenvalue weighted by Crippen LogP contribution is -2.52. The highest BCUT2D eigenvalue weighted by Gasteiger charge is 2.31. The van der Waals surface area contributed by atoms with Crippen LogP contribution in [0.15, 0.2) is 36.0 Å². The van der Waals surface area contributed by atoms with Gasteiger partial charge in [0.1, 0.15) is 30.1 Å². The molecule has 1 saturated heterocycles. The van der Waals surface area contributed by atoms with Crippen LogP contribution in [-0.2, 0) is 22.6 Å². The van der Waals surface area contributed by atoms with E-state index in [1.165, 1.54) is 6.92 Å². The van der Waals surface area contributed by atoms with E-state index in [9.17, 15) is 9.90 Å². The molecule has 0 aliphatic carbocycles. The van der Waals surface area contributed by atoms with Crippen molar-refractivity contribution in [3.63, 3.8) is 0 Å². The fourth-order valence-corrected chi connectivity index (χ4v) is 5.60. The summed E-state index contributed by atoms with van der Waals surface area (Å²) in [5.41, 5.74) is 10.7. The van der Waals surface area contributed by atoms with Crippen LogP contribution in [0.2, 0.25) is 5.02 Å². The molecule has 0 amide bonds. The minimum absolute atomic E-state index is 0.0985. The summed E-state index contributed by atoms with van der Waals surface area (Å²) in [5.74, 6) is 2.23. The summed E-state index contributed by atoms with van der Waals surface area (Å²) in [6, 6.07) is 9.33. The number of Topliss-reactive ketones (excluding diaryl/α,β-unsaturated/α-hetero) is 1. The van der Waals surface area contributed by atoms with Crippen LogP contribution in [-0.4, -0.2) is 78.4 Å². The van der Waals surface area contributed by atoms with Gasteiger partial charge >= 0.3 is 0 Å². The van der Waals surface area contributed by atoms with E-state index in [0.717, 1.165) is 35.7 Å². The number of fused-ring (bicyclic) bond motifs is 1. The standard InChI is InChI=1S/C31H38ClN7O4/c1-17-29(28(18(2)33)19(3)40)36-30(24-10-22(7-8-25(24)32)43-16-21(41)11-34-4)37-31(17)39-12-20-6-9-27(35-26(20)15-39)38-13-23(14-38)42-5/h6-10,21,23,34,41H,11-16,33H2,1-5H3/t21-/m1/s1. The Kier molecular flexibility index (Phi) is 9.16. The molecule has 1 atom stereocenters. The number of halogens is 1. The molecule has 5 rings (SSSR count). The number of benzene rings is 1. The van der Waals surface area contributed by atoms with Crippen LogP contribution in [0, 0.1) is 6.92 Å². The normalized spacial score (nSPS) is 16.1. The van der Waals surface area contributed by atoms with E-state index >= 15 is 0 Å². The molecule has 4 N–H and O–H groups in total. The second kappa shape index (κ2) is 12.8. The van der Waals surface area contributed by atoms with Gasteiger partial charge in [-0.2, -0.15) is 0 Å². The first-order valence-corrected chi connectivity index (χ1v) is 14.6. The third-order valence-corrected chi connectivity index (χ3v) is 8.05. The van der Waals surface area contributed by atoms with E-state index in [2.05, 4.69) is 21.2 Å². The number of methoxy groups -OCH3 is 1. The molecular weight excluding hydrogens is 570 g/mol. The van der Waals surface area contributed by atoms with Crippen LogP contribution < -0.4 is 25.6 Å². The molecule has 2 aliphatic heterocycles. The first-order valence-electron chi connectivity index (χ1n) is 14.2. The molecule has 11 nitrogen and oxygen atoms in total. The van der Waals surface area contributed by atoms with Gasteiger partial charge in [-0.1, -0.05) is 17.7 Å². The van der Waals surface area contributed by atoms with Crippen LogP contribution in [0.25, 0.3) is 17.0 Å². The highest BCUT2D eigenvalue weighted by Crippen LogP contribution is 2.37. The van der Waals surface area contributed by atoms with Gasteiger partial charge in [0.25, 0.3) is 0 Å². The van der Waals surface area contributed by atoms with Crippen LogP contribution in [0.3, 0.4) is 0 Å². The Bertz CT molecular complexity index is 1550. The summed E-state index contributed by atoms with van der Waals surface area (Å²) in [6.07, 6.45) is -0.446. The van der Waals surface area contributed by atoms with Gasteiger partial charge in [-0.15, -0.1) is 0 Å². The molecule has 0 spiro atoms. The molecule has 0 unspecified atom stereocenters. The highest BCUT2D eigenvalue weighted by atomic mass is 35.5. The summed E-state index contributed by atoms with van der Waals surface area (Å²) in [4.78, 5) is 31.9. The van der Waals surface area contributed by atoms with E-state index in [4.69, 9.17) is 41.8 Å². The van der Waals surface area contributed by atoms with Gasteiger partial charge in [0.05, 0.1) is 34.6 Å². The Morgan fingerprint density at radius 3 is 2.60 bits per heavy atom. The summed E-state index contributed by atoms with van der Waals surface area (Å²) in [6.45, 7) is 8.35. The molecule has 0 saturated carbocycles. The number of hydrogen-bond acceptors (Lipinski definition) is 11. The van der Waals surface area contributed by atoms with Crippen molar-refractivity contribution < 1.29 is 19.4 Å². The lowest BCUT2D eigenvalue weighted by Gasteiger charge is -2.39. The first kappa shape index (κ1) is 30.7. The molecule has 4 heterocycles. The number of aliphatic hydroxyl groups excluding tert-OH is 1. The van der Waals surface area contributed by atoms with Gasteiger partial charge in [-0.05, 0) is 57.6 Å². The molecular formula is C31H38ClN7O4. The highest BCUT2D eigenvalue weighted by molar-refractivity contribution is 6.33. The lowest BCUT2D eigenvalue weighted by atomic mass is 10.0. The van der Waals surface area contributed by atoms with Gasteiger partial charge in [0.2, 0.25) is 0 Å². The van der Waals surface area contributed by atoms with Crippen molar-refractivity contribution in [1.29, 1.82) is 0 Å². The molecule has 0 bridgehead atoms. The number of pyridine rings is 1. The van der Waals surface area contributed by atoms with Gasteiger partial charge in [0.15, 0.2) is 11.6 Å². The van der Waals surface area contributed by atoms with Gasteiger partial charge in [0, 0.05) is 50.1 Å². The number of nitrogens with one attached hydrogen (secondary N) is 1. The number of nitrogens with zero attached hydrogens (tertiary/aromatic N) is 5. The Labute approximate surface area is 256 Å². The van der Waals surface area contributed by atoms with Crippen molar-refractivity contribution in [2.75, 3.05) is 50.2 Å². The molecule has 2 aromatic heterocycles. The van der Waals surface area contributed by atoms with Crippen molar-refractivity contribution in [2.24, 2.45) is 5.73 Å². The Hall–Kier alpha value is -3.77. The zero-order valence-electron chi connectivity index (χ0n) is 25.1. The first-order chi connectivity index (χ1) is 20.6. The zero-order chi connectivity index (χ0) is 30.8. The van der Waals surface area contributed by atoms with Crippen LogP contribution in [0.5, 0.6) is 5.75 Å². The zero-order valence-corrected chi connectivity index (χ0v) is 25.9. The van der Waals surface area contributed by atoms with Crippen molar-refractivity contribution >= 4 is 34.6 Å². The molecule has 228 valence electrons. The number of ether oxygens (including phenoxy) is 2. The van der Waals surface area contributed by atoms with Crippen LogP contribution >= 0.6 is 11.6 Å². The van der Waals surface area contributed by atoms with Crippen molar-refractivity contribution in [2.45, 2.75) is 46.1 Å². The van der Waals surface area contributed by atoms with Crippen molar-refractivity contribution in [1.82, 2.24) is 20.3 Å². The van der Waals surface area contributed by atoms with Gasteiger partial charge in [-0.3, -0.25) is 4.79 Å². The van der Waals surface area contributed by atoms with E-state index in [0.29, 0.717) is 64.6 Å². The largest absolute Gasteiger partial charge is 0.491 e. The van der Waals surface area contributed by atoms with E-state index in [1.54, 1.807) is 39.3 Å². The summed E-state index contributed by atoms with van der Waals surface area (Å²) >= 11 is 6.68. The maximum Gasteiger partial charge on any atom is 0.163 e. The van der Waals surface area contributed by atoms with E-state index in [1.807, 2.05) is 13.0 Å². The van der Waals surface area contributed by atoms with Crippen LogP contribution in [0.1, 0.15) is 36.4 Å². The molecule has 43 heavy (non-hydrogen) atoms. The lowest BCUT2D eigenvalue weighted by molar-refractivity contribution is -0.111. The van der Waals surface area contributed by atoms with Gasteiger partial charge in [-0.25, -0.2) is 15.0 Å². The second-order valence-electron chi connectivity index (χ2n) is 11.0. The number of aliphatic hydroxyl groups is 1. The molecule has 2 aliphatic rings. The van der Waals surface area contributed by atoms with Crippen LogP contribution in [0.4, 0.5) is 11.6 Å². The molecule has 1 aromatic carbocycles. The third kappa shape index (κ3) is 6.45. The quantitative estimate of drug-likeness (QED) is 0.277. The average Bonchev–Trinajstić information content (AvgIpc) is 3.36. The molecule has 3 aromatic rings. The predicted octanol–water partition coefficient (Wildman–Crippen LogP) is 3.09. The second-order valence-corrected chi connectivity index (χ2v) is 11.4. The maximum absolute atomic E-state index is 12.8. The topological polar surface area (TPSA) is 139 Å². The Morgan fingerprint density at radius 1 is 1.16 bits per heavy atom. The summed E-state index contributed by atoms with van der Waals surface area (Å²) in [5, 5.41) is 13.4. The number of likely N-dealkylation sites (N-methyl/N-ethyl adjacent to an activating group) is 1. The molecule has 1 fully saturated rings. The molecule has 12 heteroatoms. The SMILES string of the molecule is CNC[C@@H](O)COc1ccc(Cl)c(-c2nc(C(C(C)=O)=C(C)N)c(C)c(N3Cc4ccc(N5CC(OC)C5)nc4C3)n2)c1. The number of allylic oxidation sites excluding steroid dienone is 2. The smallest absolute Gasteiger partial charge is 0.163 e. The minimum Gasteiger partial charge on any atom is -0.491 e. The average molecular weight is 608 g/mol. The predicted molar refractivity (Wildman–Crippen MR) is 167 cm³/mol. The van der Waals surface area contributed by atoms with E-state index < -0.39 is 6.10 Å². The third-order valence-electron chi connectivity index (χ3n) is 7.72. The molecule has 0 radical (unpaired) electrons. The number of aromatic nitrogens is 3. The van der Waals surface area contributed by atoms with Crippen molar-refractivity contribution in [3.05, 3.63) is 63.6 Å². The van der Waals surface area contributed by atoms with Crippen molar-refractivity contribution in [3.8, 4) is 17.1 Å². The summed E-state index contributed by atoms with van der Waals surface area (Å²) in [7, 11) is 3.49. The van der Waals surface area contributed by atoms with Gasteiger partial charge < -0.3 is 35.4 Å². The maximum atomic E-state index is 12.8. The number of nitrogens with two attached hydrogens (primary N) is 1. The number of hydrogen-bond donors (Lipinski definition) is 3. The van der Waals surface area contributed by atoms with E-state index in [-0.39, 0.29) is 18.5 Å². The Balaban J connectivity index is 1.53. The fraction of sp³-hybridized carbons (Fsp3) is 0.419. The minimum atomic E-state index is -0.679. The monoisotopic (exact) mass is 607 g/mol. The fourth-order valence-electron chi connectivity index (χ4n) is 5.40. The number of carbonyl (C=O) groups excluding carboxylic acids is 1.